The quantitative estimate of drug-likeness (QED) is 0.490. The van der Waals surface area contributed by atoms with Crippen LogP contribution >= 0.6 is 0 Å². The van der Waals surface area contributed by atoms with E-state index in [-0.39, 0.29) is 18.6 Å². The van der Waals surface area contributed by atoms with Gasteiger partial charge in [0.15, 0.2) is 0 Å². The summed E-state index contributed by atoms with van der Waals surface area (Å²) in [5.41, 5.74) is 4.57. The van der Waals surface area contributed by atoms with Gasteiger partial charge in [-0.2, -0.15) is 0 Å². The Morgan fingerprint density at radius 3 is 2.69 bits per heavy atom. The van der Waals surface area contributed by atoms with E-state index in [9.17, 15) is 9.90 Å². The Morgan fingerprint density at radius 2 is 1.91 bits per heavy atom. The number of rotatable bonds is 6. The number of aliphatic hydroxyl groups is 1. The first-order valence-corrected chi connectivity index (χ1v) is 10.9. The minimum Gasteiger partial charge on any atom is -0.490 e. The lowest BCUT2D eigenvalue weighted by atomic mass is 10.1. The molecule has 1 atom stereocenters. The van der Waals surface area contributed by atoms with Crippen LogP contribution in [0.3, 0.4) is 0 Å². The fourth-order valence-electron chi connectivity index (χ4n) is 4.39. The summed E-state index contributed by atoms with van der Waals surface area (Å²) in [6, 6.07) is 23.2. The van der Waals surface area contributed by atoms with E-state index in [1.807, 2.05) is 61.5 Å². The zero-order valence-corrected chi connectivity index (χ0v) is 18.0. The van der Waals surface area contributed by atoms with E-state index in [1.54, 1.807) is 16.7 Å². The number of aliphatic hydroxyl groups excluding tert-OH is 1. The van der Waals surface area contributed by atoms with E-state index in [1.165, 1.54) is 5.56 Å². The van der Waals surface area contributed by atoms with Crippen molar-refractivity contribution in [1.82, 2.24) is 4.57 Å². The van der Waals surface area contributed by atoms with E-state index < -0.39 is 0 Å². The molecule has 5 nitrogen and oxygen atoms in total. The first-order valence-electron chi connectivity index (χ1n) is 10.9. The molecule has 1 aromatic heterocycles. The highest BCUT2D eigenvalue weighted by atomic mass is 16.5. The molecule has 1 aliphatic heterocycles. The largest absolute Gasteiger partial charge is 0.490 e. The average molecular weight is 428 g/mol. The second-order valence-corrected chi connectivity index (χ2v) is 8.14. The Kier molecular flexibility index (Phi) is 5.41. The lowest BCUT2D eigenvalue weighted by molar-refractivity contribution is 0.0963. The summed E-state index contributed by atoms with van der Waals surface area (Å²) in [6.45, 7) is 2.46. The summed E-state index contributed by atoms with van der Waals surface area (Å²) in [5.74, 6) is 1.55. The predicted octanol–water partition coefficient (Wildman–Crippen LogP) is 4.56. The van der Waals surface area contributed by atoms with E-state index in [2.05, 4.69) is 6.07 Å². The van der Waals surface area contributed by atoms with Crippen LogP contribution in [0.25, 0.3) is 10.9 Å². The minimum atomic E-state index is -0.0835. The highest BCUT2D eigenvalue weighted by Crippen LogP contribution is 2.29. The SMILES string of the molecule is Cc1cc2c(CCO)cccc2n1C(=O)c1ccc(OCC2Cc3ccccc3O2)cc1. The molecule has 0 spiro atoms. The van der Waals surface area contributed by atoms with Gasteiger partial charge in [0.05, 0.1) is 5.52 Å². The molecule has 4 aromatic rings. The lowest BCUT2D eigenvalue weighted by Gasteiger charge is -2.13. The van der Waals surface area contributed by atoms with Crippen molar-refractivity contribution in [3.05, 3.63) is 95.2 Å². The van der Waals surface area contributed by atoms with Gasteiger partial charge in [-0.05, 0) is 66.9 Å². The zero-order chi connectivity index (χ0) is 22.1. The molecule has 1 N–H and O–H groups in total. The molecule has 32 heavy (non-hydrogen) atoms. The van der Waals surface area contributed by atoms with Gasteiger partial charge >= 0.3 is 0 Å². The molecule has 1 unspecified atom stereocenters. The normalized spacial score (nSPS) is 14.9. The number of benzene rings is 3. The molecule has 2 heterocycles. The summed E-state index contributed by atoms with van der Waals surface area (Å²) in [4.78, 5) is 13.3. The third-order valence-corrected chi connectivity index (χ3v) is 5.96. The maximum absolute atomic E-state index is 13.3. The monoisotopic (exact) mass is 427 g/mol. The highest BCUT2D eigenvalue weighted by molar-refractivity contribution is 6.03. The molecule has 1 aliphatic rings. The maximum Gasteiger partial charge on any atom is 0.262 e. The Morgan fingerprint density at radius 1 is 1.09 bits per heavy atom. The molecule has 0 radical (unpaired) electrons. The molecule has 3 aromatic carbocycles. The van der Waals surface area contributed by atoms with Crippen molar-refractivity contribution >= 4 is 16.8 Å². The standard InChI is InChI=1S/C27H25NO4/c1-18-15-24-19(13-14-29)6-4-7-25(24)28(18)27(30)20-9-11-22(12-10-20)31-17-23-16-21-5-2-3-8-26(21)32-23/h2-12,15,23,29H,13-14,16-17H2,1H3. The van der Waals surface area contributed by atoms with Crippen LogP contribution in [0.1, 0.15) is 27.2 Å². The van der Waals surface area contributed by atoms with Crippen LogP contribution in [-0.2, 0) is 12.8 Å². The highest BCUT2D eigenvalue weighted by Gasteiger charge is 2.23. The maximum atomic E-state index is 13.3. The topological polar surface area (TPSA) is 60.7 Å². The van der Waals surface area contributed by atoms with Crippen LogP contribution in [0.5, 0.6) is 11.5 Å². The van der Waals surface area contributed by atoms with Gasteiger partial charge in [0.25, 0.3) is 5.91 Å². The zero-order valence-electron chi connectivity index (χ0n) is 18.0. The number of carbonyl (C=O) groups is 1. The predicted molar refractivity (Wildman–Crippen MR) is 124 cm³/mol. The van der Waals surface area contributed by atoms with E-state index in [0.717, 1.165) is 34.3 Å². The van der Waals surface area contributed by atoms with Crippen LogP contribution in [0, 0.1) is 6.92 Å². The molecule has 5 rings (SSSR count). The van der Waals surface area contributed by atoms with Crippen LogP contribution in [0.2, 0.25) is 0 Å². The van der Waals surface area contributed by atoms with Crippen LogP contribution in [0.15, 0.2) is 72.8 Å². The third kappa shape index (κ3) is 3.76. The second-order valence-electron chi connectivity index (χ2n) is 8.14. The van der Waals surface area contributed by atoms with Crippen LogP contribution in [0.4, 0.5) is 0 Å². The number of hydrogen-bond acceptors (Lipinski definition) is 4. The van der Waals surface area contributed by atoms with Gasteiger partial charge in [-0.15, -0.1) is 0 Å². The van der Waals surface area contributed by atoms with Gasteiger partial charge in [-0.1, -0.05) is 30.3 Å². The van der Waals surface area contributed by atoms with E-state index in [4.69, 9.17) is 9.47 Å². The van der Waals surface area contributed by atoms with Gasteiger partial charge in [0.1, 0.15) is 24.2 Å². The molecule has 0 saturated heterocycles. The first-order chi connectivity index (χ1) is 15.6. The van der Waals surface area contributed by atoms with Gasteiger partial charge in [-0.25, -0.2) is 0 Å². The van der Waals surface area contributed by atoms with Gasteiger partial charge < -0.3 is 14.6 Å². The van der Waals surface area contributed by atoms with E-state index in [0.29, 0.717) is 24.3 Å². The van der Waals surface area contributed by atoms with Gasteiger partial charge in [-0.3, -0.25) is 9.36 Å². The number of nitrogens with zero attached hydrogens (tertiary/aromatic N) is 1. The molecule has 0 aliphatic carbocycles. The summed E-state index contributed by atoms with van der Waals surface area (Å²) < 4.78 is 13.6. The van der Waals surface area contributed by atoms with Crippen molar-refractivity contribution in [2.75, 3.05) is 13.2 Å². The number of hydrogen-bond donors (Lipinski definition) is 1. The summed E-state index contributed by atoms with van der Waals surface area (Å²) in [6.07, 6.45) is 1.40. The molecular formula is C27H25NO4. The number of ether oxygens (including phenoxy) is 2. The number of carbonyl (C=O) groups excluding carboxylic acids is 1. The Labute approximate surface area is 186 Å². The minimum absolute atomic E-state index is 0.00397. The Hall–Kier alpha value is -3.57. The van der Waals surface area contributed by atoms with Gasteiger partial charge in [0.2, 0.25) is 0 Å². The van der Waals surface area contributed by atoms with Crippen molar-refractivity contribution in [1.29, 1.82) is 0 Å². The average Bonchev–Trinajstić information content (AvgIpc) is 3.38. The molecule has 162 valence electrons. The molecule has 0 fully saturated rings. The summed E-state index contributed by atoms with van der Waals surface area (Å²) in [7, 11) is 0. The van der Waals surface area contributed by atoms with Crippen molar-refractivity contribution < 1.29 is 19.4 Å². The Bertz CT molecular complexity index is 1250. The smallest absolute Gasteiger partial charge is 0.262 e. The summed E-state index contributed by atoms with van der Waals surface area (Å²) in [5, 5.41) is 10.3. The molecule has 0 amide bonds. The molecular weight excluding hydrogens is 402 g/mol. The molecule has 0 bridgehead atoms. The van der Waals surface area contributed by atoms with Crippen molar-refractivity contribution in [2.24, 2.45) is 0 Å². The van der Waals surface area contributed by atoms with Crippen molar-refractivity contribution in [3.8, 4) is 11.5 Å². The van der Waals surface area contributed by atoms with Crippen LogP contribution < -0.4 is 9.47 Å². The molecule has 5 heteroatoms. The first kappa shape index (κ1) is 20.3. The number of fused-ring (bicyclic) bond motifs is 2. The van der Waals surface area contributed by atoms with E-state index >= 15 is 0 Å². The van der Waals surface area contributed by atoms with Crippen molar-refractivity contribution in [3.63, 3.8) is 0 Å². The number of aromatic nitrogens is 1. The lowest BCUT2D eigenvalue weighted by Crippen LogP contribution is -2.22. The fourth-order valence-corrected chi connectivity index (χ4v) is 4.39. The molecule has 0 saturated carbocycles. The summed E-state index contributed by atoms with van der Waals surface area (Å²) >= 11 is 0. The Balaban J connectivity index is 1.30. The van der Waals surface area contributed by atoms with Crippen molar-refractivity contribution in [2.45, 2.75) is 25.9 Å². The van der Waals surface area contributed by atoms with Crippen LogP contribution in [-0.4, -0.2) is 34.9 Å². The number of aryl methyl sites for hydroxylation is 1. The second kappa shape index (κ2) is 8.52. The fraction of sp³-hybridized carbons (Fsp3) is 0.222. The third-order valence-electron chi connectivity index (χ3n) is 5.96. The van der Waals surface area contributed by atoms with Gasteiger partial charge in [0, 0.05) is 29.7 Å². The number of para-hydroxylation sites is 1.